The molecule has 1 amide bonds. The van der Waals surface area contributed by atoms with E-state index in [1.807, 2.05) is 6.07 Å². The Morgan fingerprint density at radius 1 is 1.08 bits per heavy atom. The molecule has 0 aliphatic rings. The van der Waals surface area contributed by atoms with Gasteiger partial charge in [0.15, 0.2) is 11.5 Å². The standard InChI is InChI=1S/C19H16N2O5/c1-25-16-8-3-12(10-17(16)26-2)9-14(11-20)18(22)21-15-6-4-13(5-7-15)19(23)24/h3-10H,1-2H3,(H,21,22)(H,23,24)/b14-9+. The van der Waals surface area contributed by atoms with Gasteiger partial charge in [-0.1, -0.05) is 6.07 Å². The molecule has 26 heavy (non-hydrogen) atoms. The lowest BCUT2D eigenvalue weighted by atomic mass is 10.1. The Labute approximate surface area is 150 Å². The van der Waals surface area contributed by atoms with Crippen molar-refractivity contribution in [2.45, 2.75) is 0 Å². The summed E-state index contributed by atoms with van der Waals surface area (Å²) in [6.45, 7) is 0. The summed E-state index contributed by atoms with van der Waals surface area (Å²) in [6, 6.07) is 12.5. The Balaban J connectivity index is 2.21. The number of ether oxygens (including phenoxy) is 2. The van der Waals surface area contributed by atoms with E-state index in [0.29, 0.717) is 22.7 Å². The van der Waals surface area contributed by atoms with Crippen LogP contribution in [-0.2, 0) is 4.79 Å². The first-order valence-electron chi connectivity index (χ1n) is 7.47. The van der Waals surface area contributed by atoms with Crippen LogP contribution in [0.25, 0.3) is 6.08 Å². The summed E-state index contributed by atoms with van der Waals surface area (Å²) in [7, 11) is 3.00. The summed E-state index contributed by atoms with van der Waals surface area (Å²) in [5, 5.41) is 20.7. The van der Waals surface area contributed by atoms with Crippen LogP contribution in [0.15, 0.2) is 48.0 Å². The average Bonchev–Trinajstić information content (AvgIpc) is 2.66. The number of anilines is 1. The molecule has 132 valence electrons. The van der Waals surface area contributed by atoms with Gasteiger partial charge in [0.05, 0.1) is 19.8 Å². The van der Waals surface area contributed by atoms with E-state index in [1.165, 1.54) is 44.6 Å². The van der Waals surface area contributed by atoms with Crippen LogP contribution in [0.4, 0.5) is 5.69 Å². The number of benzene rings is 2. The van der Waals surface area contributed by atoms with Crippen LogP contribution < -0.4 is 14.8 Å². The summed E-state index contributed by atoms with van der Waals surface area (Å²) in [6.07, 6.45) is 1.42. The van der Waals surface area contributed by atoms with Gasteiger partial charge in [0, 0.05) is 5.69 Å². The molecule has 0 aliphatic carbocycles. The third kappa shape index (κ3) is 4.39. The molecule has 7 nitrogen and oxygen atoms in total. The van der Waals surface area contributed by atoms with Crippen LogP contribution in [0.1, 0.15) is 15.9 Å². The Bertz CT molecular complexity index is 895. The topological polar surface area (TPSA) is 109 Å². The fraction of sp³-hybridized carbons (Fsp3) is 0.105. The third-order valence-electron chi connectivity index (χ3n) is 3.47. The molecular formula is C19H16N2O5. The van der Waals surface area contributed by atoms with Crippen LogP contribution in [0.3, 0.4) is 0 Å². The average molecular weight is 352 g/mol. The van der Waals surface area contributed by atoms with Gasteiger partial charge in [-0.15, -0.1) is 0 Å². The molecule has 0 aromatic heterocycles. The van der Waals surface area contributed by atoms with Gasteiger partial charge in [-0.3, -0.25) is 4.79 Å². The van der Waals surface area contributed by atoms with Crippen molar-refractivity contribution >= 4 is 23.6 Å². The van der Waals surface area contributed by atoms with Crippen LogP contribution in [0.2, 0.25) is 0 Å². The van der Waals surface area contributed by atoms with Crippen LogP contribution in [0, 0.1) is 11.3 Å². The summed E-state index contributed by atoms with van der Waals surface area (Å²) >= 11 is 0. The molecule has 0 saturated carbocycles. The van der Waals surface area contributed by atoms with E-state index in [9.17, 15) is 14.9 Å². The number of aromatic carboxylic acids is 1. The first kappa shape index (κ1) is 18.5. The highest BCUT2D eigenvalue weighted by molar-refractivity contribution is 6.09. The van der Waals surface area contributed by atoms with Gasteiger partial charge in [-0.25, -0.2) is 4.79 Å². The van der Waals surface area contributed by atoms with Gasteiger partial charge < -0.3 is 19.9 Å². The largest absolute Gasteiger partial charge is 0.493 e. The van der Waals surface area contributed by atoms with Crippen molar-refractivity contribution < 1.29 is 24.2 Å². The highest BCUT2D eigenvalue weighted by Crippen LogP contribution is 2.28. The molecule has 0 unspecified atom stereocenters. The molecule has 0 aliphatic heterocycles. The summed E-state index contributed by atoms with van der Waals surface area (Å²) < 4.78 is 10.3. The van der Waals surface area contributed by atoms with Gasteiger partial charge >= 0.3 is 5.97 Å². The number of nitrogens with one attached hydrogen (secondary N) is 1. The van der Waals surface area contributed by atoms with Crippen molar-refractivity contribution in [1.29, 1.82) is 5.26 Å². The molecule has 2 aromatic rings. The predicted octanol–water partition coefficient (Wildman–Crippen LogP) is 2.95. The second-order valence-electron chi connectivity index (χ2n) is 5.12. The molecule has 7 heteroatoms. The molecule has 0 spiro atoms. The maximum absolute atomic E-state index is 12.3. The number of rotatable bonds is 6. The lowest BCUT2D eigenvalue weighted by Gasteiger charge is -2.08. The Morgan fingerprint density at radius 3 is 2.27 bits per heavy atom. The van der Waals surface area contributed by atoms with Crippen LogP contribution in [0.5, 0.6) is 11.5 Å². The number of carbonyl (C=O) groups is 2. The van der Waals surface area contributed by atoms with E-state index in [-0.39, 0.29) is 11.1 Å². The molecular weight excluding hydrogens is 336 g/mol. The molecule has 0 radical (unpaired) electrons. The monoisotopic (exact) mass is 352 g/mol. The normalized spacial score (nSPS) is 10.6. The minimum absolute atomic E-state index is 0.101. The SMILES string of the molecule is COc1ccc(/C=C(\C#N)C(=O)Nc2ccc(C(=O)O)cc2)cc1OC. The zero-order valence-electron chi connectivity index (χ0n) is 14.1. The van der Waals surface area contributed by atoms with Crippen molar-refractivity contribution in [3.63, 3.8) is 0 Å². The Hall–Kier alpha value is -3.79. The molecule has 0 atom stereocenters. The summed E-state index contributed by atoms with van der Waals surface area (Å²) in [4.78, 5) is 23.1. The van der Waals surface area contributed by atoms with Gasteiger partial charge in [0.25, 0.3) is 5.91 Å². The quantitative estimate of drug-likeness (QED) is 0.611. The van der Waals surface area contributed by atoms with Crippen molar-refractivity contribution in [2.75, 3.05) is 19.5 Å². The van der Waals surface area contributed by atoms with Crippen molar-refractivity contribution in [2.24, 2.45) is 0 Å². The maximum Gasteiger partial charge on any atom is 0.335 e. The van der Waals surface area contributed by atoms with Gasteiger partial charge in [0.1, 0.15) is 11.6 Å². The van der Waals surface area contributed by atoms with Crippen molar-refractivity contribution in [1.82, 2.24) is 0 Å². The van der Waals surface area contributed by atoms with Crippen LogP contribution >= 0.6 is 0 Å². The van der Waals surface area contributed by atoms with Gasteiger partial charge in [0.2, 0.25) is 0 Å². The fourth-order valence-electron chi connectivity index (χ4n) is 2.15. The number of hydrogen-bond donors (Lipinski definition) is 2. The number of amides is 1. The van der Waals surface area contributed by atoms with E-state index < -0.39 is 11.9 Å². The second-order valence-corrected chi connectivity index (χ2v) is 5.12. The predicted molar refractivity (Wildman–Crippen MR) is 95.2 cm³/mol. The molecule has 0 bridgehead atoms. The Kier molecular flexibility index (Phi) is 5.96. The number of hydrogen-bond acceptors (Lipinski definition) is 5. The number of nitrogens with zero attached hydrogens (tertiary/aromatic N) is 1. The number of carboxylic acids is 1. The number of methoxy groups -OCH3 is 2. The molecule has 2 rings (SSSR count). The number of nitriles is 1. The first-order chi connectivity index (χ1) is 12.5. The zero-order valence-corrected chi connectivity index (χ0v) is 14.1. The Morgan fingerprint density at radius 2 is 1.73 bits per heavy atom. The van der Waals surface area contributed by atoms with E-state index in [2.05, 4.69) is 5.32 Å². The molecule has 0 heterocycles. The fourth-order valence-corrected chi connectivity index (χ4v) is 2.15. The third-order valence-corrected chi connectivity index (χ3v) is 3.47. The highest BCUT2D eigenvalue weighted by atomic mass is 16.5. The zero-order chi connectivity index (χ0) is 19.1. The second kappa shape index (κ2) is 8.35. The minimum atomic E-state index is -1.06. The first-order valence-corrected chi connectivity index (χ1v) is 7.47. The minimum Gasteiger partial charge on any atom is -0.493 e. The molecule has 2 N–H and O–H groups in total. The number of carboxylic acid groups (broad SMARTS) is 1. The van der Waals surface area contributed by atoms with E-state index in [1.54, 1.807) is 18.2 Å². The van der Waals surface area contributed by atoms with Gasteiger partial charge in [-0.2, -0.15) is 5.26 Å². The van der Waals surface area contributed by atoms with Crippen molar-refractivity contribution in [3.05, 3.63) is 59.2 Å². The summed E-state index contributed by atoms with van der Waals surface area (Å²) in [5.74, 6) is -0.659. The molecule has 0 fully saturated rings. The highest BCUT2D eigenvalue weighted by Gasteiger charge is 2.11. The van der Waals surface area contributed by atoms with E-state index in [0.717, 1.165) is 0 Å². The maximum atomic E-state index is 12.3. The number of carbonyl (C=O) groups excluding carboxylic acids is 1. The lowest BCUT2D eigenvalue weighted by Crippen LogP contribution is -2.13. The van der Waals surface area contributed by atoms with Gasteiger partial charge in [-0.05, 0) is 48.0 Å². The lowest BCUT2D eigenvalue weighted by molar-refractivity contribution is -0.112. The molecule has 0 saturated heterocycles. The summed E-state index contributed by atoms with van der Waals surface area (Å²) in [5.41, 5.74) is 0.966. The van der Waals surface area contributed by atoms with E-state index in [4.69, 9.17) is 14.6 Å². The van der Waals surface area contributed by atoms with Crippen molar-refractivity contribution in [3.8, 4) is 17.6 Å². The van der Waals surface area contributed by atoms with E-state index >= 15 is 0 Å². The molecule has 2 aromatic carbocycles. The van der Waals surface area contributed by atoms with Crippen LogP contribution in [-0.4, -0.2) is 31.2 Å². The smallest absolute Gasteiger partial charge is 0.335 e.